The lowest BCUT2D eigenvalue weighted by molar-refractivity contribution is 0.0329. The minimum atomic E-state index is -3.63. The molecule has 0 spiro atoms. The van der Waals surface area contributed by atoms with Crippen LogP contribution in [0.5, 0.6) is 5.75 Å². The summed E-state index contributed by atoms with van der Waals surface area (Å²) in [6.07, 6.45) is 2.51. The van der Waals surface area contributed by atoms with E-state index >= 15 is 0 Å². The molecule has 3 rings (SSSR count). The average molecular weight is 376 g/mol. The topological polar surface area (TPSA) is 74.7 Å². The summed E-state index contributed by atoms with van der Waals surface area (Å²) in [5.74, 6) is 0.536. The van der Waals surface area contributed by atoms with E-state index in [1.165, 1.54) is 16.7 Å². The van der Waals surface area contributed by atoms with Crippen molar-refractivity contribution in [2.24, 2.45) is 5.92 Å². The minimum Gasteiger partial charge on any atom is -0.593 e. The van der Waals surface area contributed by atoms with Crippen molar-refractivity contribution in [2.75, 3.05) is 19.7 Å². The fraction of sp³-hybridized carbons (Fsp3) is 0.421. The number of nitrogens with zero attached hydrogens (tertiary/aromatic N) is 2. The molecule has 140 valence electrons. The molecular weight excluding hydrogens is 352 g/mol. The molecule has 1 aromatic carbocycles. The summed E-state index contributed by atoms with van der Waals surface area (Å²) in [6.45, 7) is 5.43. The van der Waals surface area contributed by atoms with E-state index in [0.29, 0.717) is 25.5 Å². The van der Waals surface area contributed by atoms with Crippen LogP contribution in [0.2, 0.25) is 0 Å². The number of hydrogen-bond acceptors (Lipinski definition) is 5. The summed E-state index contributed by atoms with van der Waals surface area (Å²) in [5, 5.41) is 0. The Morgan fingerprint density at radius 3 is 2.85 bits per heavy atom. The van der Waals surface area contributed by atoms with Crippen LogP contribution in [0.1, 0.15) is 19.4 Å². The molecule has 2 heterocycles. The molecule has 0 bridgehead atoms. The van der Waals surface area contributed by atoms with E-state index in [9.17, 15) is 8.76 Å². The van der Waals surface area contributed by atoms with Crippen molar-refractivity contribution >= 4 is 10.4 Å². The van der Waals surface area contributed by atoms with Crippen LogP contribution >= 0.6 is 0 Å². The Labute approximate surface area is 155 Å². The van der Waals surface area contributed by atoms with Crippen LogP contribution in [-0.4, -0.2) is 39.6 Å². The second kappa shape index (κ2) is 8.26. The summed E-state index contributed by atoms with van der Waals surface area (Å²) in [4.78, 5) is 4.08. The van der Waals surface area contributed by atoms with Crippen LogP contribution < -0.4 is 4.74 Å². The van der Waals surface area contributed by atoms with Gasteiger partial charge in [0.25, 0.3) is 0 Å². The molecule has 26 heavy (non-hydrogen) atoms. The van der Waals surface area contributed by atoms with Gasteiger partial charge in [0.05, 0.1) is 26.0 Å². The second-order valence-electron chi connectivity index (χ2n) is 6.78. The largest absolute Gasteiger partial charge is 0.593 e. The first kappa shape index (κ1) is 19.0. The van der Waals surface area contributed by atoms with E-state index in [2.05, 4.69) is 4.98 Å². The second-order valence-corrected chi connectivity index (χ2v) is 8.69. The van der Waals surface area contributed by atoms with Crippen molar-refractivity contribution in [1.82, 2.24) is 9.29 Å². The molecule has 0 saturated carbocycles. The first-order valence-electron chi connectivity index (χ1n) is 8.69. The number of ether oxygens (including phenoxy) is 2. The maximum atomic E-state index is 13.0. The monoisotopic (exact) mass is 376 g/mol. The number of pyridine rings is 1. The lowest BCUT2D eigenvalue weighted by Crippen LogP contribution is -2.43. The quantitative estimate of drug-likeness (QED) is 0.725. The van der Waals surface area contributed by atoms with Gasteiger partial charge in [-0.25, -0.2) is 0 Å². The van der Waals surface area contributed by atoms with Gasteiger partial charge in [-0.3, -0.25) is 4.98 Å². The van der Waals surface area contributed by atoms with E-state index in [-0.39, 0.29) is 23.5 Å². The summed E-state index contributed by atoms with van der Waals surface area (Å²) >= 11 is 0. The molecule has 0 saturated heterocycles. The fourth-order valence-electron chi connectivity index (χ4n) is 2.89. The Bertz CT molecular complexity index is 769. The van der Waals surface area contributed by atoms with Gasteiger partial charge in [0.1, 0.15) is 6.10 Å². The molecule has 0 radical (unpaired) electrons. The number of sulfonamides is 1. The van der Waals surface area contributed by atoms with Gasteiger partial charge in [0.2, 0.25) is 4.90 Å². The molecule has 0 amide bonds. The first-order valence-corrected chi connectivity index (χ1v) is 10.1. The van der Waals surface area contributed by atoms with Gasteiger partial charge in [-0.05, 0) is 11.5 Å². The van der Waals surface area contributed by atoms with Crippen molar-refractivity contribution in [3.63, 3.8) is 0 Å². The zero-order chi connectivity index (χ0) is 18.6. The van der Waals surface area contributed by atoms with Crippen molar-refractivity contribution in [3.05, 3.63) is 54.4 Å². The molecule has 2 aromatic rings. The number of hydrogen-bond donors (Lipinski definition) is 0. The van der Waals surface area contributed by atoms with Gasteiger partial charge in [0.15, 0.2) is 16.1 Å². The molecule has 2 atom stereocenters. The normalized spacial score (nSPS) is 23.3. The van der Waals surface area contributed by atoms with Crippen LogP contribution in [0.15, 0.2) is 53.7 Å². The van der Waals surface area contributed by atoms with E-state index in [1.807, 2.05) is 44.2 Å². The SMILES string of the molecule is CC(C)CN1C[C@H](COCc2ccccc2)Oc2ccncc2[S+]1(=O)[O-]. The average Bonchev–Trinajstić information content (AvgIpc) is 2.71. The first-order chi connectivity index (χ1) is 12.5. The molecule has 7 heteroatoms. The van der Waals surface area contributed by atoms with Crippen molar-refractivity contribution < 1.29 is 18.2 Å². The van der Waals surface area contributed by atoms with E-state index in [0.717, 1.165) is 5.56 Å². The zero-order valence-corrected chi connectivity index (χ0v) is 15.9. The van der Waals surface area contributed by atoms with Crippen LogP contribution in [-0.2, 0) is 26.0 Å². The van der Waals surface area contributed by atoms with Gasteiger partial charge in [-0.15, -0.1) is 4.31 Å². The Hall–Kier alpha value is -1.80. The fourth-order valence-corrected chi connectivity index (χ4v) is 4.59. The molecule has 1 aliphatic rings. The van der Waals surface area contributed by atoms with E-state index in [4.69, 9.17) is 9.47 Å². The van der Waals surface area contributed by atoms with Crippen molar-refractivity contribution in [2.45, 2.75) is 31.5 Å². The molecule has 0 aliphatic carbocycles. The lowest BCUT2D eigenvalue weighted by Gasteiger charge is -2.27. The predicted octanol–water partition coefficient (Wildman–Crippen LogP) is 2.92. The van der Waals surface area contributed by atoms with Crippen molar-refractivity contribution in [1.29, 1.82) is 0 Å². The number of fused-ring (bicyclic) bond motifs is 1. The molecular formula is C19H24N2O4S. The molecule has 1 aliphatic heterocycles. The van der Waals surface area contributed by atoms with Crippen LogP contribution in [0.25, 0.3) is 0 Å². The van der Waals surface area contributed by atoms with Crippen molar-refractivity contribution in [3.8, 4) is 5.75 Å². The molecule has 1 aromatic heterocycles. The van der Waals surface area contributed by atoms with Gasteiger partial charge in [0, 0.05) is 18.8 Å². The number of aromatic nitrogens is 1. The molecule has 6 nitrogen and oxygen atoms in total. The lowest BCUT2D eigenvalue weighted by atomic mass is 10.2. The molecule has 0 fully saturated rings. The standard InChI is InChI=1S/C19H24N2O4S/c1-15(2)11-21-12-17(14-24-13-16-6-4-3-5-7-16)25-18-8-9-20-10-19(18)26(21,22)23/h3-10,15,17H,11-14H2,1-2H3/t17-/m1/s1. The maximum Gasteiger partial charge on any atom is 0.235 e. The third kappa shape index (κ3) is 4.48. The summed E-state index contributed by atoms with van der Waals surface area (Å²) in [5.41, 5.74) is 1.07. The highest BCUT2D eigenvalue weighted by Crippen LogP contribution is 2.34. The minimum absolute atomic E-state index is 0.117. The molecule has 0 N–H and O–H groups in total. The zero-order valence-electron chi connectivity index (χ0n) is 15.0. The highest BCUT2D eigenvalue weighted by atomic mass is 32.3. The van der Waals surface area contributed by atoms with E-state index < -0.39 is 10.4 Å². The highest BCUT2D eigenvalue weighted by Gasteiger charge is 2.40. The summed E-state index contributed by atoms with van der Waals surface area (Å²) in [7, 11) is -3.63. The highest BCUT2D eigenvalue weighted by molar-refractivity contribution is 7.95. The number of benzene rings is 1. The molecule has 1 unspecified atom stereocenters. The summed E-state index contributed by atoms with van der Waals surface area (Å²) < 4.78 is 39.2. The number of rotatable bonds is 6. The van der Waals surface area contributed by atoms with Crippen LogP contribution in [0, 0.1) is 5.92 Å². The smallest absolute Gasteiger partial charge is 0.235 e. The Kier molecular flexibility index (Phi) is 6.03. The van der Waals surface area contributed by atoms with Crippen LogP contribution in [0.3, 0.4) is 0 Å². The predicted molar refractivity (Wildman–Crippen MR) is 98.3 cm³/mol. The Balaban J connectivity index is 1.75. The van der Waals surface area contributed by atoms with Gasteiger partial charge >= 0.3 is 0 Å². The van der Waals surface area contributed by atoms with Gasteiger partial charge in [-0.2, -0.15) is 0 Å². The third-order valence-corrected chi connectivity index (χ3v) is 5.89. The third-order valence-electron chi connectivity index (χ3n) is 4.05. The van der Waals surface area contributed by atoms with Gasteiger partial charge in [-0.1, -0.05) is 48.4 Å². The van der Waals surface area contributed by atoms with E-state index in [1.54, 1.807) is 6.07 Å². The Morgan fingerprint density at radius 1 is 1.35 bits per heavy atom. The Morgan fingerprint density at radius 2 is 2.12 bits per heavy atom. The van der Waals surface area contributed by atoms with Gasteiger partial charge < -0.3 is 14.0 Å². The maximum absolute atomic E-state index is 13.0. The van der Waals surface area contributed by atoms with Crippen LogP contribution in [0.4, 0.5) is 0 Å². The summed E-state index contributed by atoms with van der Waals surface area (Å²) in [6, 6.07) is 11.4.